The van der Waals surface area contributed by atoms with E-state index in [4.69, 9.17) is 0 Å². The molecule has 0 aliphatic rings. The number of hydrogen-bond acceptors (Lipinski definition) is 3. The van der Waals surface area contributed by atoms with Gasteiger partial charge < -0.3 is 0 Å². The topological polar surface area (TPSA) is 59.4 Å². The monoisotopic (exact) mass is 345 g/mol. The van der Waals surface area contributed by atoms with Crippen molar-refractivity contribution in [2.75, 3.05) is 0 Å². The van der Waals surface area contributed by atoms with E-state index in [1.165, 1.54) is 6.07 Å². The Morgan fingerprint density at radius 2 is 1.88 bits per heavy atom. The number of hydrogen-bond donors (Lipinski definition) is 1. The summed E-state index contributed by atoms with van der Waals surface area (Å²) in [6, 6.07) is 7.83. The van der Waals surface area contributed by atoms with Gasteiger partial charge in [0, 0.05) is 17.0 Å². The molecule has 1 aromatic carbocycles. The summed E-state index contributed by atoms with van der Waals surface area (Å²) in [4.78, 5) is 8.33. The van der Waals surface area contributed by atoms with Gasteiger partial charge in [-0.2, -0.15) is 18.3 Å². The Morgan fingerprint density at radius 1 is 1.08 bits per heavy atom. The fourth-order valence-corrected chi connectivity index (χ4v) is 2.84. The molecule has 0 fully saturated rings. The zero-order valence-corrected chi connectivity index (χ0v) is 13.5. The number of nitrogens with zero attached hydrogens (tertiary/aromatic N) is 4. The third kappa shape index (κ3) is 2.54. The molecule has 0 spiro atoms. The van der Waals surface area contributed by atoms with E-state index >= 15 is 0 Å². The number of pyridine rings is 1. The smallest absolute Gasteiger partial charge is 0.280 e. The van der Waals surface area contributed by atoms with Gasteiger partial charge in [-0.3, -0.25) is 9.67 Å². The Bertz CT molecular complexity index is 1070. The van der Waals surface area contributed by atoms with Crippen LogP contribution in [-0.4, -0.2) is 24.7 Å². The van der Waals surface area contributed by atoms with Crippen LogP contribution in [0.4, 0.5) is 13.2 Å². The van der Waals surface area contributed by atoms with Gasteiger partial charge in [0.05, 0.1) is 11.7 Å². The minimum absolute atomic E-state index is 0.0172. The number of aromatic amines is 1. The number of halogens is 3. The molecule has 4 aromatic rings. The molecule has 5 nitrogen and oxygen atoms in total. The van der Waals surface area contributed by atoms with Crippen LogP contribution in [0.25, 0.3) is 27.8 Å². The van der Waals surface area contributed by atoms with Crippen LogP contribution in [0.1, 0.15) is 31.3 Å². The normalized spacial score (nSPS) is 12.6. The molecule has 3 aromatic heterocycles. The average Bonchev–Trinajstić information content (AvgIpc) is 3.16. The van der Waals surface area contributed by atoms with E-state index in [2.05, 4.69) is 20.2 Å². The lowest BCUT2D eigenvalue weighted by atomic mass is 10.2. The van der Waals surface area contributed by atoms with Crippen molar-refractivity contribution >= 4 is 22.1 Å². The van der Waals surface area contributed by atoms with Gasteiger partial charge in [0.2, 0.25) is 0 Å². The number of imidazole rings is 1. The largest absolute Gasteiger partial charge is 0.433 e. The molecule has 0 aliphatic heterocycles. The highest BCUT2D eigenvalue weighted by Gasteiger charge is 2.33. The van der Waals surface area contributed by atoms with Crippen molar-refractivity contribution in [2.45, 2.75) is 25.9 Å². The lowest BCUT2D eigenvalue weighted by Gasteiger charge is -2.12. The van der Waals surface area contributed by atoms with Gasteiger partial charge in [0.15, 0.2) is 5.65 Å². The third-order valence-electron chi connectivity index (χ3n) is 4.02. The van der Waals surface area contributed by atoms with Crippen LogP contribution in [0.2, 0.25) is 0 Å². The van der Waals surface area contributed by atoms with Gasteiger partial charge in [0.25, 0.3) is 0 Å². The predicted octanol–water partition coefficient (Wildman–Crippen LogP) is 4.44. The molecule has 0 saturated carbocycles. The first-order chi connectivity index (χ1) is 11.8. The molecule has 8 heteroatoms. The molecule has 25 heavy (non-hydrogen) atoms. The van der Waals surface area contributed by atoms with Crippen LogP contribution in [0, 0.1) is 0 Å². The maximum Gasteiger partial charge on any atom is 0.433 e. The van der Waals surface area contributed by atoms with Crippen molar-refractivity contribution in [3.05, 3.63) is 48.0 Å². The van der Waals surface area contributed by atoms with Crippen LogP contribution in [0.15, 0.2) is 36.5 Å². The molecule has 3 heterocycles. The Balaban J connectivity index is 2.03. The SMILES string of the molecule is CC(C)c1nc2ccc(C(F)(F)F)nc2n1-c1ccc2[nH]ncc2c1. The van der Waals surface area contributed by atoms with E-state index < -0.39 is 11.9 Å². The molecule has 0 unspecified atom stereocenters. The maximum atomic E-state index is 13.1. The second-order valence-electron chi connectivity index (χ2n) is 6.14. The molecule has 1 N–H and O–H groups in total. The summed E-state index contributed by atoms with van der Waals surface area (Å²) in [5.74, 6) is 0.674. The second kappa shape index (κ2) is 5.30. The number of benzene rings is 1. The fourth-order valence-electron chi connectivity index (χ4n) is 2.84. The van der Waals surface area contributed by atoms with Crippen LogP contribution in [0.5, 0.6) is 0 Å². The molecular weight excluding hydrogens is 331 g/mol. The van der Waals surface area contributed by atoms with Crippen molar-refractivity contribution in [3.63, 3.8) is 0 Å². The lowest BCUT2D eigenvalue weighted by molar-refractivity contribution is -0.141. The number of aromatic nitrogens is 5. The zero-order valence-electron chi connectivity index (χ0n) is 13.5. The minimum Gasteiger partial charge on any atom is -0.280 e. The highest BCUT2D eigenvalue weighted by molar-refractivity contribution is 5.82. The van der Waals surface area contributed by atoms with E-state index in [0.29, 0.717) is 17.0 Å². The molecular formula is C17H14F3N5. The average molecular weight is 345 g/mol. The number of H-pyrrole nitrogens is 1. The quantitative estimate of drug-likeness (QED) is 0.584. The maximum absolute atomic E-state index is 13.1. The van der Waals surface area contributed by atoms with E-state index in [9.17, 15) is 13.2 Å². The molecule has 0 radical (unpaired) electrons. The molecule has 4 rings (SSSR count). The molecule has 0 atom stereocenters. The molecule has 0 bridgehead atoms. The first-order valence-corrected chi connectivity index (χ1v) is 7.74. The first kappa shape index (κ1) is 15.6. The van der Waals surface area contributed by atoms with Crippen LogP contribution in [0.3, 0.4) is 0 Å². The second-order valence-corrected chi connectivity index (χ2v) is 6.14. The van der Waals surface area contributed by atoms with Gasteiger partial charge in [-0.25, -0.2) is 9.97 Å². The summed E-state index contributed by atoms with van der Waals surface area (Å²) in [6.07, 6.45) is -2.84. The van der Waals surface area contributed by atoms with Crippen molar-refractivity contribution in [2.24, 2.45) is 0 Å². The van der Waals surface area contributed by atoms with E-state index in [1.54, 1.807) is 10.8 Å². The Hall–Kier alpha value is -2.90. The lowest BCUT2D eigenvalue weighted by Crippen LogP contribution is -2.09. The zero-order chi connectivity index (χ0) is 17.8. The number of alkyl halides is 3. The van der Waals surface area contributed by atoms with E-state index in [-0.39, 0.29) is 11.6 Å². The summed E-state index contributed by atoms with van der Waals surface area (Å²) < 4.78 is 40.9. The predicted molar refractivity (Wildman–Crippen MR) is 87.6 cm³/mol. The molecule has 128 valence electrons. The van der Waals surface area contributed by atoms with Gasteiger partial charge in [0.1, 0.15) is 17.0 Å². The summed E-state index contributed by atoms with van der Waals surface area (Å²) in [6.45, 7) is 3.89. The highest BCUT2D eigenvalue weighted by Crippen LogP contribution is 2.31. The Morgan fingerprint density at radius 3 is 2.60 bits per heavy atom. The number of rotatable bonds is 2. The first-order valence-electron chi connectivity index (χ1n) is 7.74. The Kier molecular flexibility index (Phi) is 3.31. The van der Waals surface area contributed by atoms with Crippen molar-refractivity contribution in [1.82, 2.24) is 24.7 Å². The van der Waals surface area contributed by atoms with E-state index in [0.717, 1.165) is 17.0 Å². The van der Waals surface area contributed by atoms with Gasteiger partial charge in [-0.1, -0.05) is 13.8 Å². The number of fused-ring (bicyclic) bond motifs is 2. The van der Waals surface area contributed by atoms with Gasteiger partial charge in [-0.15, -0.1) is 0 Å². The third-order valence-corrected chi connectivity index (χ3v) is 4.02. The summed E-state index contributed by atoms with van der Waals surface area (Å²) in [5.41, 5.74) is 1.25. The molecule has 0 aliphatic carbocycles. The standard InChI is InChI=1S/C17H14F3N5/c1-9(2)15-22-13-5-6-14(17(18,19)20)23-16(13)25(15)11-3-4-12-10(7-11)8-21-24-12/h3-9H,1-2H3,(H,21,24). The van der Waals surface area contributed by atoms with Gasteiger partial charge in [-0.05, 0) is 30.3 Å². The van der Waals surface area contributed by atoms with Crippen LogP contribution >= 0.6 is 0 Å². The fraction of sp³-hybridized carbons (Fsp3) is 0.235. The summed E-state index contributed by atoms with van der Waals surface area (Å²) >= 11 is 0. The highest BCUT2D eigenvalue weighted by atomic mass is 19.4. The molecule has 0 saturated heterocycles. The van der Waals surface area contributed by atoms with E-state index in [1.807, 2.05) is 32.0 Å². The van der Waals surface area contributed by atoms with Crippen LogP contribution < -0.4 is 0 Å². The van der Waals surface area contributed by atoms with Crippen LogP contribution in [-0.2, 0) is 6.18 Å². The van der Waals surface area contributed by atoms with Gasteiger partial charge >= 0.3 is 6.18 Å². The van der Waals surface area contributed by atoms with Crippen molar-refractivity contribution in [1.29, 1.82) is 0 Å². The summed E-state index contributed by atoms with van der Waals surface area (Å²) in [7, 11) is 0. The molecule has 0 amide bonds. The minimum atomic E-state index is -4.50. The Labute approximate surface area is 140 Å². The van der Waals surface area contributed by atoms with Crippen molar-refractivity contribution in [3.8, 4) is 5.69 Å². The summed E-state index contributed by atoms with van der Waals surface area (Å²) in [5, 5.41) is 7.69. The number of nitrogens with one attached hydrogen (secondary N) is 1. The van der Waals surface area contributed by atoms with Crippen molar-refractivity contribution < 1.29 is 13.2 Å².